The zero-order chi connectivity index (χ0) is 19.5. The fourth-order valence-corrected chi connectivity index (χ4v) is 3.98. The van der Waals surface area contributed by atoms with Gasteiger partial charge >= 0.3 is 0 Å². The van der Waals surface area contributed by atoms with Crippen molar-refractivity contribution in [1.82, 2.24) is 5.32 Å². The van der Waals surface area contributed by atoms with Gasteiger partial charge in [-0.1, -0.05) is 18.2 Å². The number of carbonyl (C=O) groups excluding carboxylic acids is 1. The number of nitrogens with one attached hydrogen (secondary N) is 1. The molecule has 0 radical (unpaired) electrons. The largest absolute Gasteiger partial charge is 0.350 e. The third-order valence-corrected chi connectivity index (χ3v) is 5.17. The molecule has 0 aliphatic carbocycles. The van der Waals surface area contributed by atoms with Gasteiger partial charge in [-0.2, -0.15) is 0 Å². The lowest BCUT2D eigenvalue weighted by atomic mass is 10.1. The zero-order valence-corrected chi connectivity index (χ0v) is 16.1. The lowest BCUT2D eigenvalue weighted by Gasteiger charge is -2.28. The summed E-state index contributed by atoms with van der Waals surface area (Å²) in [5, 5.41) is 2.70. The topological polar surface area (TPSA) is 66.5 Å². The lowest BCUT2D eigenvalue weighted by Crippen LogP contribution is -2.47. The van der Waals surface area contributed by atoms with Crippen LogP contribution in [0.1, 0.15) is 23.6 Å². The van der Waals surface area contributed by atoms with Crippen LogP contribution >= 0.6 is 0 Å². The molecular formula is C19H23FN2O3S. The maximum absolute atomic E-state index is 12.9. The van der Waals surface area contributed by atoms with Gasteiger partial charge in [-0.15, -0.1) is 0 Å². The van der Waals surface area contributed by atoms with Crippen LogP contribution in [0.15, 0.2) is 42.5 Å². The van der Waals surface area contributed by atoms with Gasteiger partial charge in [0, 0.05) is 6.54 Å². The maximum atomic E-state index is 12.9. The predicted octanol–water partition coefficient (Wildman–Crippen LogP) is 2.91. The third-order valence-electron chi connectivity index (χ3n) is 3.93. The van der Waals surface area contributed by atoms with E-state index in [1.54, 1.807) is 31.2 Å². The number of amides is 1. The smallest absolute Gasteiger partial charge is 0.243 e. The first-order valence-electron chi connectivity index (χ1n) is 8.18. The molecule has 0 saturated heterocycles. The number of carbonyl (C=O) groups is 1. The van der Waals surface area contributed by atoms with Crippen molar-refractivity contribution in [1.29, 1.82) is 0 Å². The van der Waals surface area contributed by atoms with Crippen LogP contribution in [0.5, 0.6) is 0 Å². The van der Waals surface area contributed by atoms with Crippen LogP contribution in [0.25, 0.3) is 0 Å². The lowest BCUT2D eigenvalue weighted by molar-refractivity contribution is -0.122. The van der Waals surface area contributed by atoms with Crippen molar-refractivity contribution in [3.05, 3.63) is 65.0 Å². The first-order chi connectivity index (χ1) is 12.1. The van der Waals surface area contributed by atoms with E-state index in [0.29, 0.717) is 5.69 Å². The Balaban J connectivity index is 2.22. The monoisotopic (exact) mass is 378 g/mol. The molecule has 2 aromatic rings. The van der Waals surface area contributed by atoms with Gasteiger partial charge in [-0.3, -0.25) is 9.10 Å². The number of halogens is 1. The van der Waals surface area contributed by atoms with Crippen LogP contribution in [0.4, 0.5) is 10.1 Å². The van der Waals surface area contributed by atoms with Crippen LogP contribution in [0.2, 0.25) is 0 Å². The summed E-state index contributed by atoms with van der Waals surface area (Å²) in [5.41, 5.74) is 3.00. The minimum Gasteiger partial charge on any atom is -0.350 e. The van der Waals surface area contributed by atoms with Crippen LogP contribution < -0.4 is 9.62 Å². The van der Waals surface area contributed by atoms with E-state index in [2.05, 4.69) is 5.32 Å². The maximum Gasteiger partial charge on any atom is 0.243 e. The number of nitrogens with zero attached hydrogens (tertiary/aromatic N) is 1. The highest BCUT2D eigenvalue weighted by Gasteiger charge is 2.29. The van der Waals surface area contributed by atoms with Gasteiger partial charge in [0.1, 0.15) is 11.9 Å². The molecule has 0 heterocycles. The van der Waals surface area contributed by atoms with Crippen molar-refractivity contribution in [2.75, 3.05) is 10.6 Å². The van der Waals surface area contributed by atoms with Crippen molar-refractivity contribution in [3.63, 3.8) is 0 Å². The van der Waals surface area contributed by atoms with Crippen molar-refractivity contribution < 1.29 is 17.6 Å². The summed E-state index contributed by atoms with van der Waals surface area (Å²) in [6.45, 7) is 5.47. The quantitative estimate of drug-likeness (QED) is 0.840. The van der Waals surface area contributed by atoms with Crippen LogP contribution in [-0.2, 0) is 21.4 Å². The van der Waals surface area contributed by atoms with E-state index in [9.17, 15) is 17.6 Å². The molecule has 0 bridgehead atoms. The molecule has 0 fully saturated rings. The van der Waals surface area contributed by atoms with Gasteiger partial charge in [-0.05, 0) is 61.7 Å². The summed E-state index contributed by atoms with van der Waals surface area (Å²) in [7, 11) is -3.66. The average Bonchev–Trinajstić information content (AvgIpc) is 2.51. The molecule has 2 rings (SSSR count). The Hall–Kier alpha value is -2.41. The minimum atomic E-state index is -3.66. The van der Waals surface area contributed by atoms with E-state index in [0.717, 1.165) is 27.3 Å². The molecule has 0 aliphatic rings. The molecule has 1 N–H and O–H groups in total. The number of rotatable bonds is 6. The third kappa shape index (κ3) is 5.05. The second kappa shape index (κ2) is 7.86. The SMILES string of the molecule is Cc1cc(C)cc(N([C@H](C)C(=O)NCc2ccc(F)cc2)S(C)(=O)=O)c1. The molecule has 0 aromatic heterocycles. The fraction of sp³-hybridized carbons (Fsp3) is 0.316. The molecule has 0 aliphatic heterocycles. The Kier molecular flexibility index (Phi) is 6.02. The summed E-state index contributed by atoms with van der Waals surface area (Å²) in [5.74, 6) is -0.787. The predicted molar refractivity (Wildman–Crippen MR) is 101 cm³/mol. The van der Waals surface area contributed by atoms with Crippen molar-refractivity contribution in [3.8, 4) is 0 Å². The summed E-state index contributed by atoms with van der Waals surface area (Å²) < 4.78 is 38.7. The second-order valence-electron chi connectivity index (χ2n) is 6.42. The molecule has 26 heavy (non-hydrogen) atoms. The van der Waals surface area contributed by atoms with E-state index >= 15 is 0 Å². The normalized spacial score (nSPS) is 12.5. The van der Waals surface area contributed by atoms with Gasteiger partial charge in [-0.25, -0.2) is 12.8 Å². The molecular weight excluding hydrogens is 355 g/mol. The fourth-order valence-electron chi connectivity index (χ4n) is 2.83. The molecule has 5 nitrogen and oxygen atoms in total. The molecule has 1 amide bonds. The zero-order valence-electron chi connectivity index (χ0n) is 15.3. The van der Waals surface area contributed by atoms with Crippen LogP contribution in [0.3, 0.4) is 0 Å². The standard InChI is InChI=1S/C19H23FN2O3S/c1-13-9-14(2)11-18(10-13)22(26(4,24)25)15(3)19(23)21-12-16-5-7-17(20)8-6-16/h5-11,15H,12H2,1-4H3,(H,21,23)/t15-/m1/s1. The highest BCUT2D eigenvalue weighted by molar-refractivity contribution is 7.92. The van der Waals surface area contributed by atoms with E-state index in [1.165, 1.54) is 12.1 Å². The Morgan fingerprint density at radius 2 is 1.65 bits per heavy atom. The van der Waals surface area contributed by atoms with Crippen molar-refractivity contribution in [2.45, 2.75) is 33.4 Å². The summed E-state index contributed by atoms with van der Waals surface area (Å²) >= 11 is 0. The van der Waals surface area contributed by atoms with Crippen LogP contribution in [-0.4, -0.2) is 26.6 Å². The van der Waals surface area contributed by atoms with Gasteiger partial charge < -0.3 is 5.32 Å². The van der Waals surface area contributed by atoms with E-state index in [-0.39, 0.29) is 12.4 Å². The molecule has 2 aromatic carbocycles. The number of anilines is 1. The van der Waals surface area contributed by atoms with Gasteiger partial charge in [0.25, 0.3) is 0 Å². The number of hydrogen-bond acceptors (Lipinski definition) is 3. The van der Waals surface area contributed by atoms with Gasteiger partial charge in [0.05, 0.1) is 11.9 Å². The Labute approximate surface area is 153 Å². The van der Waals surface area contributed by atoms with E-state index in [1.807, 2.05) is 19.9 Å². The van der Waals surface area contributed by atoms with E-state index < -0.39 is 22.0 Å². The minimum absolute atomic E-state index is 0.188. The first kappa shape index (κ1) is 19.9. The molecule has 140 valence electrons. The highest BCUT2D eigenvalue weighted by Crippen LogP contribution is 2.24. The number of benzene rings is 2. The molecule has 7 heteroatoms. The first-order valence-corrected chi connectivity index (χ1v) is 10.0. The second-order valence-corrected chi connectivity index (χ2v) is 8.28. The van der Waals surface area contributed by atoms with E-state index in [4.69, 9.17) is 0 Å². The average molecular weight is 378 g/mol. The summed E-state index contributed by atoms with van der Waals surface area (Å²) in [6.07, 6.45) is 1.08. The molecule has 1 atom stereocenters. The number of hydrogen-bond donors (Lipinski definition) is 1. The molecule has 0 spiro atoms. The van der Waals surface area contributed by atoms with Gasteiger partial charge in [0.15, 0.2) is 0 Å². The number of sulfonamides is 1. The molecule has 0 unspecified atom stereocenters. The van der Waals surface area contributed by atoms with Gasteiger partial charge in [0.2, 0.25) is 15.9 Å². The van der Waals surface area contributed by atoms with Crippen LogP contribution in [0, 0.1) is 19.7 Å². The van der Waals surface area contributed by atoms with Crippen molar-refractivity contribution >= 4 is 21.6 Å². The number of aryl methyl sites for hydroxylation is 2. The Morgan fingerprint density at radius 1 is 1.12 bits per heavy atom. The van der Waals surface area contributed by atoms with Crippen molar-refractivity contribution in [2.24, 2.45) is 0 Å². The summed E-state index contributed by atoms with van der Waals surface area (Å²) in [6, 6.07) is 10.2. The summed E-state index contributed by atoms with van der Waals surface area (Å²) in [4.78, 5) is 12.5. The molecule has 0 saturated carbocycles. The highest BCUT2D eigenvalue weighted by atomic mass is 32.2. The Morgan fingerprint density at radius 3 is 2.15 bits per heavy atom. The Bertz CT molecular complexity index is 875.